The number of primary amides is 1. The first kappa shape index (κ1) is 13.0. The van der Waals surface area contributed by atoms with Crippen LogP contribution in [0, 0.1) is 5.82 Å². The molecule has 3 rings (SSSR count). The standard InChI is InChI=1S/C15H10FN3O2/c16-9-2-4-14(20)10(6-9)13-7-18-11-3-1-8(15(17)21)5-12(11)19-13/h1-7,20H,(H2,17,21). The molecular weight excluding hydrogens is 273 g/mol. The third kappa shape index (κ3) is 2.38. The Morgan fingerprint density at radius 3 is 2.71 bits per heavy atom. The van der Waals surface area contributed by atoms with Crippen LogP contribution in [-0.2, 0) is 0 Å². The second kappa shape index (κ2) is 4.82. The van der Waals surface area contributed by atoms with Crippen molar-refractivity contribution in [3.05, 3.63) is 54.0 Å². The van der Waals surface area contributed by atoms with Crippen LogP contribution < -0.4 is 5.73 Å². The lowest BCUT2D eigenvalue weighted by atomic mass is 10.1. The van der Waals surface area contributed by atoms with Crippen LogP contribution in [0.2, 0.25) is 0 Å². The van der Waals surface area contributed by atoms with E-state index in [1.165, 1.54) is 24.4 Å². The van der Waals surface area contributed by atoms with Crippen molar-refractivity contribution >= 4 is 16.9 Å². The monoisotopic (exact) mass is 283 g/mol. The molecule has 0 bridgehead atoms. The van der Waals surface area contributed by atoms with E-state index in [1.54, 1.807) is 12.1 Å². The van der Waals surface area contributed by atoms with Crippen LogP contribution in [0.5, 0.6) is 5.75 Å². The lowest BCUT2D eigenvalue weighted by Gasteiger charge is -2.06. The molecule has 0 aliphatic rings. The van der Waals surface area contributed by atoms with E-state index in [0.717, 1.165) is 6.07 Å². The van der Waals surface area contributed by atoms with Gasteiger partial charge in [0.25, 0.3) is 0 Å². The van der Waals surface area contributed by atoms with Crippen molar-refractivity contribution < 1.29 is 14.3 Å². The van der Waals surface area contributed by atoms with Gasteiger partial charge in [0.2, 0.25) is 5.91 Å². The maximum Gasteiger partial charge on any atom is 0.248 e. The number of nitrogens with two attached hydrogens (primary N) is 1. The smallest absolute Gasteiger partial charge is 0.248 e. The number of phenolic OH excluding ortho intramolecular Hbond substituents is 1. The van der Waals surface area contributed by atoms with Crippen LogP contribution in [0.1, 0.15) is 10.4 Å². The summed E-state index contributed by atoms with van der Waals surface area (Å²) in [5.74, 6) is -1.16. The SMILES string of the molecule is NC(=O)c1ccc2ncc(-c3cc(F)ccc3O)nc2c1. The van der Waals surface area contributed by atoms with Crippen LogP contribution in [0.15, 0.2) is 42.6 Å². The van der Waals surface area contributed by atoms with Crippen molar-refractivity contribution in [1.29, 1.82) is 0 Å². The van der Waals surface area contributed by atoms with E-state index < -0.39 is 11.7 Å². The van der Waals surface area contributed by atoms with Crippen molar-refractivity contribution in [3.8, 4) is 17.0 Å². The van der Waals surface area contributed by atoms with Gasteiger partial charge < -0.3 is 10.8 Å². The lowest BCUT2D eigenvalue weighted by Crippen LogP contribution is -2.10. The minimum Gasteiger partial charge on any atom is -0.507 e. The highest BCUT2D eigenvalue weighted by molar-refractivity contribution is 5.96. The van der Waals surface area contributed by atoms with Gasteiger partial charge in [-0.15, -0.1) is 0 Å². The summed E-state index contributed by atoms with van der Waals surface area (Å²) in [7, 11) is 0. The molecule has 1 heterocycles. The molecule has 1 aromatic heterocycles. The van der Waals surface area contributed by atoms with Crippen LogP contribution in [0.3, 0.4) is 0 Å². The number of benzene rings is 2. The van der Waals surface area contributed by atoms with E-state index in [2.05, 4.69) is 9.97 Å². The average Bonchev–Trinajstić information content (AvgIpc) is 2.48. The Labute approximate surface area is 118 Å². The minimum absolute atomic E-state index is 0.101. The predicted octanol–water partition coefficient (Wildman–Crippen LogP) is 2.24. The topological polar surface area (TPSA) is 89.1 Å². The molecule has 0 saturated heterocycles. The summed E-state index contributed by atoms with van der Waals surface area (Å²) in [6.45, 7) is 0. The first-order valence-electron chi connectivity index (χ1n) is 6.10. The Bertz CT molecular complexity index is 865. The highest BCUT2D eigenvalue weighted by Gasteiger charge is 2.10. The summed E-state index contributed by atoms with van der Waals surface area (Å²) in [5, 5.41) is 9.79. The maximum absolute atomic E-state index is 13.3. The molecule has 0 unspecified atom stereocenters. The van der Waals surface area contributed by atoms with Gasteiger partial charge in [-0.2, -0.15) is 0 Å². The number of rotatable bonds is 2. The molecule has 0 saturated carbocycles. The number of amides is 1. The van der Waals surface area contributed by atoms with Crippen LogP contribution in [0.25, 0.3) is 22.3 Å². The summed E-state index contributed by atoms with van der Waals surface area (Å²) in [6.07, 6.45) is 1.43. The highest BCUT2D eigenvalue weighted by Crippen LogP contribution is 2.28. The first-order valence-corrected chi connectivity index (χ1v) is 6.10. The number of carbonyl (C=O) groups is 1. The van der Waals surface area contributed by atoms with E-state index in [0.29, 0.717) is 22.3 Å². The fourth-order valence-corrected chi connectivity index (χ4v) is 2.01. The van der Waals surface area contributed by atoms with Crippen molar-refractivity contribution in [3.63, 3.8) is 0 Å². The zero-order chi connectivity index (χ0) is 15.0. The number of aromatic nitrogens is 2. The van der Waals surface area contributed by atoms with E-state index in [9.17, 15) is 14.3 Å². The zero-order valence-electron chi connectivity index (χ0n) is 10.7. The Hall–Kier alpha value is -3.02. The van der Waals surface area contributed by atoms with Crippen molar-refractivity contribution in [2.75, 3.05) is 0 Å². The summed E-state index contributed by atoms with van der Waals surface area (Å²) in [6, 6.07) is 8.25. The van der Waals surface area contributed by atoms with Crippen molar-refractivity contribution in [1.82, 2.24) is 9.97 Å². The molecule has 0 aliphatic heterocycles. The first-order chi connectivity index (χ1) is 10.0. The average molecular weight is 283 g/mol. The van der Waals surface area contributed by atoms with Crippen molar-refractivity contribution in [2.45, 2.75) is 0 Å². The molecule has 0 aliphatic carbocycles. The fraction of sp³-hybridized carbons (Fsp3) is 0. The molecule has 0 spiro atoms. The largest absolute Gasteiger partial charge is 0.507 e. The Morgan fingerprint density at radius 2 is 1.95 bits per heavy atom. The van der Waals surface area contributed by atoms with Crippen LogP contribution in [-0.4, -0.2) is 21.0 Å². The number of phenols is 1. The number of hydrogen-bond donors (Lipinski definition) is 2. The number of halogens is 1. The molecular formula is C15H10FN3O2. The van der Waals surface area contributed by atoms with E-state index >= 15 is 0 Å². The van der Waals surface area contributed by atoms with Gasteiger partial charge in [-0.3, -0.25) is 9.78 Å². The normalized spacial score (nSPS) is 10.7. The van der Waals surface area contributed by atoms with Gasteiger partial charge in [0.15, 0.2) is 0 Å². The minimum atomic E-state index is -0.572. The van der Waals surface area contributed by atoms with Crippen LogP contribution >= 0.6 is 0 Å². The predicted molar refractivity (Wildman–Crippen MR) is 75.1 cm³/mol. The van der Waals surface area contributed by atoms with Gasteiger partial charge in [-0.05, 0) is 36.4 Å². The molecule has 0 atom stereocenters. The summed E-state index contributed by atoms with van der Waals surface area (Å²) < 4.78 is 13.3. The van der Waals surface area contributed by atoms with Gasteiger partial charge in [-0.25, -0.2) is 9.37 Å². The third-order valence-corrected chi connectivity index (χ3v) is 3.06. The lowest BCUT2D eigenvalue weighted by molar-refractivity contribution is 0.100. The maximum atomic E-state index is 13.3. The Kier molecular flexibility index (Phi) is 2.98. The fourth-order valence-electron chi connectivity index (χ4n) is 2.01. The molecule has 104 valence electrons. The number of hydrogen-bond acceptors (Lipinski definition) is 4. The molecule has 3 aromatic rings. The molecule has 0 fully saturated rings. The summed E-state index contributed by atoms with van der Waals surface area (Å²) in [4.78, 5) is 19.7. The van der Waals surface area contributed by atoms with E-state index in [1.807, 2.05) is 0 Å². The van der Waals surface area contributed by atoms with Gasteiger partial charge in [-0.1, -0.05) is 0 Å². The third-order valence-electron chi connectivity index (χ3n) is 3.06. The zero-order valence-corrected chi connectivity index (χ0v) is 10.7. The molecule has 6 heteroatoms. The molecule has 5 nitrogen and oxygen atoms in total. The van der Waals surface area contributed by atoms with Crippen LogP contribution in [0.4, 0.5) is 4.39 Å². The number of fused-ring (bicyclic) bond motifs is 1. The number of aromatic hydroxyl groups is 1. The summed E-state index contributed by atoms with van der Waals surface area (Å²) >= 11 is 0. The highest BCUT2D eigenvalue weighted by atomic mass is 19.1. The molecule has 2 aromatic carbocycles. The second-order valence-corrected chi connectivity index (χ2v) is 4.48. The second-order valence-electron chi connectivity index (χ2n) is 4.48. The van der Waals surface area contributed by atoms with Gasteiger partial charge in [0, 0.05) is 11.1 Å². The quantitative estimate of drug-likeness (QED) is 0.754. The van der Waals surface area contributed by atoms with E-state index in [4.69, 9.17) is 5.73 Å². The van der Waals surface area contributed by atoms with Gasteiger partial charge >= 0.3 is 0 Å². The summed E-state index contributed by atoms with van der Waals surface area (Å²) in [5.41, 5.74) is 7.07. The number of nitrogens with zero attached hydrogens (tertiary/aromatic N) is 2. The Morgan fingerprint density at radius 1 is 1.14 bits per heavy atom. The van der Waals surface area contributed by atoms with Gasteiger partial charge in [0.1, 0.15) is 11.6 Å². The Balaban J connectivity index is 2.19. The van der Waals surface area contributed by atoms with E-state index in [-0.39, 0.29) is 11.3 Å². The number of carbonyl (C=O) groups excluding carboxylic acids is 1. The van der Waals surface area contributed by atoms with Gasteiger partial charge in [0.05, 0.1) is 22.9 Å². The molecule has 1 amide bonds. The molecule has 21 heavy (non-hydrogen) atoms. The molecule has 3 N–H and O–H groups in total. The molecule has 0 radical (unpaired) electrons. The van der Waals surface area contributed by atoms with Crippen molar-refractivity contribution in [2.24, 2.45) is 5.73 Å².